The molecular formula is C23H31N3O. The number of ether oxygens (including phenoxy) is 1. The van der Waals surface area contributed by atoms with Crippen molar-refractivity contribution in [2.75, 3.05) is 52.5 Å². The van der Waals surface area contributed by atoms with Crippen LogP contribution in [0.4, 0.5) is 0 Å². The lowest BCUT2D eigenvalue weighted by atomic mass is 9.96. The Labute approximate surface area is 163 Å². The Morgan fingerprint density at radius 3 is 2.37 bits per heavy atom. The van der Waals surface area contributed by atoms with Gasteiger partial charge in [-0.1, -0.05) is 48.5 Å². The molecule has 4 heteroatoms. The van der Waals surface area contributed by atoms with Crippen LogP contribution in [0.2, 0.25) is 0 Å². The van der Waals surface area contributed by atoms with Crippen molar-refractivity contribution >= 4 is 0 Å². The summed E-state index contributed by atoms with van der Waals surface area (Å²) in [5, 5.41) is 3.44. The Kier molecular flexibility index (Phi) is 6.20. The van der Waals surface area contributed by atoms with E-state index in [0.717, 1.165) is 59.0 Å². The van der Waals surface area contributed by atoms with Crippen LogP contribution >= 0.6 is 0 Å². The number of piperazine rings is 1. The summed E-state index contributed by atoms with van der Waals surface area (Å²) >= 11 is 0. The summed E-state index contributed by atoms with van der Waals surface area (Å²) in [6, 6.07) is 18.5. The highest BCUT2D eigenvalue weighted by molar-refractivity contribution is 5.67. The molecule has 27 heavy (non-hydrogen) atoms. The van der Waals surface area contributed by atoms with Gasteiger partial charge in [0, 0.05) is 51.9 Å². The van der Waals surface area contributed by atoms with Gasteiger partial charge < -0.3 is 10.1 Å². The number of rotatable bonds is 5. The minimum absolute atomic E-state index is 0.444. The zero-order valence-corrected chi connectivity index (χ0v) is 16.4. The van der Waals surface area contributed by atoms with Crippen LogP contribution in [0, 0.1) is 0 Å². The second kappa shape index (κ2) is 8.98. The van der Waals surface area contributed by atoms with Crippen LogP contribution in [-0.2, 0) is 11.3 Å². The minimum Gasteiger partial charge on any atom is -0.379 e. The van der Waals surface area contributed by atoms with Crippen molar-refractivity contribution in [1.29, 1.82) is 0 Å². The van der Waals surface area contributed by atoms with Crippen LogP contribution in [0.5, 0.6) is 0 Å². The number of morpholine rings is 1. The number of nitrogens with one attached hydrogen (secondary N) is 1. The molecule has 0 aliphatic carbocycles. The van der Waals surface area contributed by atoms with Gasteiger partial charge in [-0.2, -0.15) is 0 Å². The molecule has 1 N–H and O–H groups in total. The first-order valence-corrected chi connectivity index (χ1v) is 10.2. The summed E-state index contributed by atoms with van der Waals surface area (Å²) in [6.07, 6.45) is 0. The van der Waals surface area contributed by atoms with Crippen LogP contribution in [0.1, 0.15) is 24.1 Å². The standard InChI is InChI=1S/C23H31N3O/c1-19(26-14-16-27-17-15-26)20-6-8-21(9-7-20)23-5-3-2-4-22(23)18-25-12-10-24-11-13-25/h2-9,19,24H,10-18H2,1H3. The average molecular weight is 366 g/mol. The third kappa shape index (κ3) is 4.58. The quantitative estimate of drug-likeness (QED) is 0.881. The fourth-order valence-corrected chi connectivity index (χ4v) is 4.17. The van der Waals surface area contributed by atoms with E-state index in [2.05, 4.69) is 70.6 Å². The molecule has 4 rings (SSSR count). The van der Waals surface area contributed by atoms with Gasteiger partial charge >= 0.3 is 0 Å². The molecule has 2 aromatic rings. The lowest BCUT2D eigenvalue weighted by molar-refractivity contribution is 0.0198. The molecule has 0 bridgehead atoms. The van der Waals surface area contributed by atoms with Crippen molar-refractivity contribution in [1.82, 2.24) is 15.1 Å². The maximum atomic E-state index is 5.49. The fraction of sp³-hybridized carbons (Fsp3) is 0.478. The Balaban J connectivity index is 1.50. The second-order valence-electron chi connectivity index (χ2n) is 7.63. The van der Waals surface area contributed by atoms with Crippen LogP contribution in [0.3, 0.4) is 0 Å². The third-order valence-electron chi connectivity index (χ3n) is 5.92. The van der Waals surface area contributed by atoms with Crippen LogP contribution < -0.4 is 5.32 Å². The zero-order chi connectivity index (χ0) is 18.5. The Morgan fingerprint density at radius 2 is 1.63 bits per heavy atom. The normalized spacial score (nSPS) is 20.5. The van der Waals surface area contributed by atoms with Gasteiger partial charge in [-0.15, -0.1) is 0 Å². The summed E-state index contributed by atoms with van der Waals surface area (Å²) in [7, 11) is 0. The van der Waals surface area contributed by atoms with E-state index in [1.54, 1.807) is 0 Å². The highest BCUT2D eigenvalue weighted by atomic mass is 16.5. The Morgan fingerprint density at radius 1 is 0.926 bits per heavy atom. The first-order chi connectivity index (χ1) is 13.3. The first kappa shape index (κ1) is 18.6. The molecule has 1 unspecified atom stereocenters. The van der Waals surface area contributed by atoms with Crippen molar-refractivity contribution in [2.24, 2.45) is 0 Å². The van der Waals surface area contributed by atoms with E-state index in [0.29, 0.717) is 6.04 Å². The van der Waals surface area contributed by atoms with Gasteiger partial charge in [-0.25, -0.2) is 0 Å². The molecule has 2 fully saturated rings. The van der Waals surface area contributed by atoms with Gasteiger partial charge in [0.1, 0.15) is 0 Å². The number of benzene rings is 2. The van der Waals surface area contributed by atoms with Crippen LogP contribution in [-0.4, -0.2) is 62.3 Å². The number of nitrogens with zero attached hydrogens (tertiary/aromatic N) is 2. The molecule has 2 aliphatic rings. The molecular weight excluding hydrogens is 334 g/mol. The fourth-order valence-electron chi connectivity index (χ4n) is 4.17. The van der Waals surface area contributed by atoms with E-state index in [9.17, 15) is 0 Å². The predicted octanol–water partition coefficient (Wildman–Crippen LogP) is 3.15. The third-order valence-corrected chi connectivity index (χ3v) is 5.92. The lowest BCUT2D eigenvalue weighted by Crippen LogP contribution is -2.42. The summed E-state index contributed by atoms with van der Waals surface area (Å²) in [6.45, 7) is 11.5. The minimum atomic E-state index is 0.444. The molecule has 0 amide bonds. The molecule has 0 aromatic heterocycles. The average Bonchev–Trinajstić information content (AvgIpc) is 2.75. The van der Waals surface area contributed by atoms with Crippen molar-refractivity contribution in [3.63, 3.8) is 0 Å². The number of hydrogen-bond donors (Lipinski definition) is 1. The molecule has 144 valence electrons. The monoisotopic (exact) mass is 365 g/mol. The van der Waals surface area contributed by atoms with Crippen molar-refractivity contribution in [2.45, 2.75) is 19.5 Å². The molecule has 1 atom stereocenters. The van der Waals surface area contributed by atoms with Crippen molar-refractivity contribution < 1.29 is 4.74 Å². The van der Waals surface area contributed by atoms with Gasteiger partial charge in [0.05, 0.1) is 13.2 Å². The largest absolute Gasteiger partial charge is 0.379 e. The molecule has 2 heterocycles. The summed E-state index contributed by atoms with van der Waals surface area (Å²) in [5.41, 5.74) is 5.49. The molecule has 2 aliphatic heterocycles. The molecule has 0 spiro atoms. The van der Waals surface area contributed by atoms with E-state index in [4.69, 9.17) is 4.74 Å². The summed E-state index contributed by atoms with van der Waals surface area (Å²) < 4.78 is 5.49. The van der Waals surface area contributed by atoms with E-state index >= 15 is 0 Å². The predicted molar refractivity (Wildman–Crippen MR) is 111 cm³/mol. The maximum absolute atomic E-state index is 5.49. The van der Waals surface area contributed by atoms with Crippen molar-refractivity contribution in [3.05, 3.63) is 59.7 Å². The second-order valence-corrected chi connectivity index (χ2v) is 7.63. The van der Waals surface area contributed by atoms with E-state index in [1.807, 2.05) is 0 Å². The smallest absolute Gasteiger partial charge is 0.0594 e. The maximum Gasteiger partial charge on any atom is 0.0594 e. The molecule has 2 aromatic carbocycles. The Hall–Kier alpha value is -1.72. The highest BCUT2D eigenvalue weighted by Crippen LogP contribution is 2.28. The van der Waals surface area contributed by atoms with Gasteiger partial charge in [0.25, 0.3) is 0 Å². The summed E-state index contributed by atoms with van der Waals surface area (Å²) in [5.74, 6) is 0. The van der Waals surface area contributed by atoms with Crippen LogP contribution in [0.15, 0.2) is 48.5 Å². The zero-order valence-electron chi connectivity index (χ0n) is 16.4. The van der Waals surface area contributed by atoms with Crippen LogP contribution in [0.25, 0.3) is 11.1 Å². The van der Waals surface area contributed by atoms with Gasteiger partial charge in [0.2, 0.25) is 0 Å². The van der Waals surface area contributed by atoms with E-state index in [1.165, 1.54) is 22.3 Å². The van der Waals surface area contributed by atoms with Gasteiger partial charge in [0.15, 0.2) is 0 Å². The topological polar surface area (TPSA) is 27.7 Å². The van der Waals surface area contributed by atoms with Gasteiger partial charge in [-0.05, 0) is 29.2 Å². The molecule has 2 saturated heterocycles. The lowest BCUT2D eigenvalue weighted by Gasteiger charge is -2.32. The van der Waals surface area contributed by atoms with Crippen molar-refractivity contribution in [3.8, 4) is 11.1 Å². The SMILES string of the molecule is CC(c1ccc(-c2ccccc2CN2CCNCC2)cc1)N1CCOCC1. The van der Waals surface area contributed by atoms with E-state index < -0.39 is 0 Å². The van der Waals surface area contributed by atoms with E-state index in [-0.39, 0.29) is 0 Å². The Bertz CT molecular complexity index is 719. The highest BCUT2D eigenvalue weighted by Gasteiger charge is 2.18. The molecule has 0 saturated carbocycles. The van der Waals surface area contributed by atoms with Gasteiger partial charge in [-0.3, -0.25) is 9.80 Å². The first-order valence-electron chi connectivity index (χ1n) is 10.2. The summed E-state index contributed by atoms with van der Waals surface area (Å²) in [4.78, 5) is 5.06. The molecule has 4 nitrogen and oxygen atoms in total. The number of hydrogen-bond acceptors (Lipinski definition) is 4. The molecule has 0 radical (unpaired) electrons.